The Bertz CT molecular complexity index is 531. The minimum atomic E-state index is -0.184. The van der Waals surface area contributed by atoms with Gasteiger partial charge in [0.15, 0.2) is 0 Å². The SMILES string of the molecule is O=C(OC1CCC2(CC1)CO2)N1CC(Nc2ccccn2)C1. The van der Waals surface area contributed by atoms with Gasteiger partial charge in [0.2, 0.25) is 0 Å². The average molecular weight is 303 g/mol. The molecule has 0 atom stereocenters. The van der Waals surface area contributed by atoms with Crippen LogP contribution in [0.4, 0.5) is 10.6 Å². The van der Waals surface area contributed by atoms with E-state index in [4.69, 9.17) is 9.47 Å². The molecule has 3 heterocycles. The molecule has 6 nitrogen and oxygen atoms in total. The second-order valence-corrected chi connectivity index (χ2v) is 6.52. The van der Waals surface area contributed by atoms with E-state index < -0.39 is 0 Å². The van der Waals surface area contributed by atoms with Crippen molar-refractivity contribution in [1.82, 2.24) is 9.88 Å². The van der Waals surface area contributed by atoms with Crippen molar-refractivity contribution in [2.75, 3.05) is 25.0 Å². The van der Waals surface area contributed by atoms with E-state index in [9.17, 15) is 4.79 Å². The van der Waals surface area contributed by atoms with Crippen molar-refractivity contribution in [3.63, 3.8) is 0 Å². The van der Waals surface area contributed by atoms with Crippen LogP contribution in [0.2, 0.25) is 0 Å². The number of carbonyl (C=O) groups is 1. The molecule has 4 rings (SSSR count). The summed E-state index contributed by atoms with van der Waals surface area (Å²) in [6.45, 7) is 2.24. The van der Waals surface area contributed by atoms with Gasteiger partial charge in [0.25, 0.3) is 0 Å². The number of hydrogen-bond donors (Lipinski definition) is 1. The lowest BCUT2D eigenvalue weighted by Crippen LogP contribution is -2.57. The van der Waals surface area contributed by atoms with Gasteiger partial charge in [-0.3, -0.25) is 0 Å². The molecule has 0 radical (unpaired) electrons. The molecule has 118 valence electrons. The van der Waals surface area contributed by atoms with Crippen LogP contribution in [0.3, 0.4) is 0 Å². The zero-order valence-corrected chi connectivity index (χ0v) is 12.5. The molecule has 3 fully saturated rings. The number of nitrogens with zero attached hydrogens (tertiary/aromatic N) is 2. The molecular weight excluding hydrogens is 282 g/mol. The van der Waals surface area contributed by atoms with E-state index >= 15 is 0 Å². The van der Waals surface area contributed by atoms with E-state index in [1.165, 1.54) is 0 Å². The Morgan fingerprint density at radius 2 is 2.14 bits per heavy atom. The number of rotatable bonds is 3. The predicted octanol–water partition coefficient (Wildman–Crippen LogP) is 2.03. The Morgan fingerprint density at radius 1 is 1.36 bits per heavy atom. The Morgan fingerprint density at radius 3 is 2.77 bits per heavy atom. The van der Waals surface area contributed by atoms with Crippen LogP contribution in [-0.2, 0) is 9.47 Å². The van der Waals surface area contributed by atoms with E-state index in [0.29, 0.717) is 13.1 Å². The number of epoxide rings is 1. The van der Waals surface area contributed by atoms with Crippen molar-refractivity contribution in [2.45, 2.75) is 43.4 Å². The van der Waals surface area contributed by atoms with E-state index in [2.05, 4.69) is 10.3 Å². The van der Waals surface area contributed by atoms with Crippen LogP contribution in [0, 0.1) is 0 Å². The normalized spacial score (nSPS) is 30.7. The van der Waals surface area contributed by atoms with Crippen LogP contribution in [0.1, 0.15) is 25.7 Å². The molecular formula is C16H21N3O3. The molecule has 2 aliphatic heterocycles. The van der Waals surface area contributed by atoms with E-state index in [1.807, 2.05) is 18.2 Å². The monoisotopic (exact) mass is 303 g/mol. The van der Waals surface area contributed by atoms with Crippen molar-refractivity contribution < 1.29 is 14.3 Å². The number of ether oxygens (including phenoxy) is 2. The summed E-state index contributed by atoms with van der Waals surface area (Å²) in [5.41, 5.74) is 0.150. The first-order valence-corrected chi connectivity index (χ1v) is 8.00. The van der Waals surface area contributed by atoms with Gasteiger partial charge in [0, 0.05) is 19.3 Å². The van der Waals surface area contributed by atoms with Gasteiger partial charge < -0.3 is 19.7 Å². The molecule has 1 saturated carbocycles. The van der Waals surface area contributed by atoms with Crippen LogP contribution in [0.15, 0.2) is 24.4 Å². The number of anilines is 1. The number of pyridine rings is 1. The fraction of sp³-hybridized carbons (Fsp3) is 0.625. The van der Waals surface area contributed by atoms with E-state index in [0.717, 1.165) is 38.1 Å². The Kier molecular flexibility index (Phi) is 3.41. The van der Waals surface area contributed by atoms with Gasteiger partial charge in [-0.05, 0) is 37.8 Å². The predicted molar refractivity (Wildman–Crippen MR) is 80.6 cm³/mol. The lowest BCUT2D eigenvalue weighted by Gasteiger charge is -2.40. The molecule has 0 bridgehead atoms. The number of likely N-dealkylation sites (tertiary alicyclic amines) is 1. The maximum absolute atomic E-state index is 12.1. The fourth-order valence-electron chi connectivity index (χ4n) is 3.22. The van der Waals surface area contributed by atoms with Crippen molar-refractivity contribution in [1.29, 1.82) is 0 Å². The fourth-order valence-corrected chi connectivity index (χ4v) is 3.22. The summed E-state index contributed by atoms with van der Waals surface area (Å²) in [6, 6.07) is 6.02. The molecule has 1 N–H and O–H groups in total. The topological polar surface area (TPSA) is 67.0 Å². The van der Waals surface area contributed by atoms with Crippen molar-refractivity contribution in [3.05, 3.63) is 24.4 Å². The Hall–Kier alpha value is -1.82. The lowest BCUT2D eigenvalue weighted by atomic mass is 9.88. The van der Waals surface area contributed by atoms with Crippen LogP contribution >= 0.6 is 0 Å². The summed E-state index contributed by atoms with van der Waals surface area (Å²) >= 11 is 0. The van der Waals surface area contributed by atoms with Gasteiger partial charge in [-0.15, -0.1) is 0 Å². The summed E-state index contributed by atoms with van der Waals surface area (Å²) in [6.07, 6.45) is 5.53. The van der Waals surface area contributed by atoms with Gasteiger partial charge in [-0.25, -0.2) is 9.78 Å². The maximum Gasteiger partial charge on any atom is 0.410 e. The third-order valence-electron chi connectivity index (χ3n) is 4.82. The van der Waals surface area contributed by atoms with E-state index in [-0.39, 0.29) is 23.8 Å². The first kappa shape index (κ1) is 13.8. The second kappa shape index (κ2) is 5.43. The quantitative estimate of drug-likeness (QED) is 0.865. The summed E-state index contributed by atoms with van der Waals surface area (Å²) in [4.78, 5) is 18.1. The summed E-state index contributed by atoms with van der Waals surface area (Å²) in [5.74, 6) is 0.850. The van der Waals surface area contributed by atoms with Crippen molar-refractivity contribution in [3.8, 4) is 0 Å². The van der Waals surface area contributed by atoms with Crippen molar-refractivity contribution in [2.24, 2.45) is 0 Å². The van der Waals surface area contributed by atoms with Crippen LogP contribution in [-0.4, -0.2) is 53.4 Å². The molecule has 3 aliphatic rings. The highest BCUT2D eigenvalue weighted by Crippen LogP contribution is 2.42. The molecule has 1 spiro atoms. The zero-order valence-electron chi connectivity index (χ0n) is 12.5. The van der Waals surface area contributed by atoms with Crippen LogP contribution < -0.4 is 5.32 Å². The highest BCUT2D eigenvalue weighted by molar-refractivity contribution is 5.69. The van der Waals surface area contributed by atoms with Crippen molar-refractivity contribution >= 4 is 11.9 Å². The maximum atomic E-state index is 12.1. The summed E-state index contributed by atoms with van der Waals surface area (Å²) in [5, 5.41) is 3.31. The van der Waals surface area contributed by atoms with Gasteiger partial charge in [0.05, 0.1) is 18.2 Å². The molecule has 2 saturated heterocycles. The Balaban J connectivity index is 1.19. The first-order chi connectivity index (χ1) is 10.7. The largest absolute Gasteiger partial charge is 0.446 e. The molecule has 0 aromatic carbocycles. The smallest absolute Gasteiger partial charge is 0.410 e. The Labute approximate surface area is 129 Å². The lowest BCUT2D eigenvalue weighted by molar-refractivity contribution is 0.0188. The number of amides is 1. The van der Waals surface area contributed by atoms with Crippen LogP contribution in [0.25, 0.3) is 0 Å². The van der Waals surface area contributed by atoms with Gasteiger partial charge >= 0.3 is 6.09 Å². The molecule has 0 unspecified atom stereocenters. The molecule has 1 aromatic heterocycles. The summed E-state index contributed by atoms with van der Waals surface area (Å²) in [7, 11) is 0. The summed E-state index contributed by atoms with van der Waals surface area (Å²) < 4.78 is 11.1. The zero-order chi connectivity index (χ0) is 15.0. The standard InChI is InChI=1S/C16H21N3O3/c20-15(22-13-4-6-16(7-5-13)11-21-16)19-9-12(10-19)18-14-3-1-2-8-17-14/h1-3,8,12-13H,4-7,9-11H2,(H,17,18). The molecule has 22 heavy (non-hydrogen) atoms. The third-order valence-corrected chi connectivity index (χ3v) is 4.82. The number of carbonyl (C=O) groups excluding carboxylic acids is 1. The van der Waals surface area contributed by atoms with Crippen LogP contribution in [0.5, 0.6) is 0 Å². The van der Waals surface area contributed by atoms with Gasteiger partial charge in [-0.1, -0.05) is 6.07 Å². The minimum Gasteiger partial charge on any atom is -0.446 e. The molecule has 1 aromatic rings. The molecule has 6 heteroatoms. The minimum absolute atomic E-state index is 0.0603. The highest BCUT2D eigenvalue weighted by atomic mass is 16.6. The van der Waals surface area contributed by atoms with E-state index in [1.54, 1.807) is 11.1 Å². The number of hydrogen-bond acceptors (Lipinski definition) is 5. The number of aromatic nitrogens is 1. The number of nitrogens with one attached hydrogen (secondary N) is 1. The van der Waals surface area contributed by atoms with Gasteiger partial charge in [-0.2, -0.15) is 0 Å². The first-order valence-electron chi connectivity index (χ1n) is 8.00. The highest BCUT2D eigenvalue weighted by Gasteiger charge is 2.47. The third kappa shape index (κ3) is 2.88. The molecule has 1 aliphatic carbocycles. The van der Waals surface area contributed by atoms with Gasteiger partial charge in [0.1, 0.15) is 11.9 Å². The molecule has 1 amide bonds. The average Bonchev–Trinajstić information content (AvgIpc) is 3.26. The second-order valence-electron chi connectivity index (χ2n) is 6.52.